The van der Waals surface area contributed by atoms with Crippen molar-refractivity contribution >= 4 is 22.7 Å². The van der Waals surface area contributed by atoms with Crippen LogP contribution in [0, 0.1) is 13.8 Å². The standard InChI is InChI=1S/C19H21N3O2S/c1-5-22-18(23)14-8-6-7-9-15(14)21-19(22)25-11-16-13(3)17(24-4)12(2)10-20-16/h6-10H,5,11H2,1-4H3. The lowest BCUT2D eigenvalue weighted by Gasteiger charge is -2.14. The first-order chi connectivity index (χ1) is 12.1. The average Bonchev–Trinajstić information content (AvgIpc) is 2.62. The topological polar surface area (TPSA) is 57.0 Å². The molecule has 0 aliphatic rings. The van der Waals surface area contributed by atoms with E-state index in [4.69, 9.17) is 4.74 Å². The molecule has 0 fully saturated rings. The van der Waals surface area contributed by atoms with Crippen LogP contribution in [0.25, 0.3) is 10.9 Å². The highest BCUT2D eigenvalue weighted by molar-refractivity contribution is 7.98. The highest BCUT2D eigenvalue weighted by Crippen LogP contribution is 2.28. The van der Waals surface area contributed by atoms with Gasteiger partial charge in [-0.1, -0.05) is 23.9 Å². The fraction of sp³-hybridized carbons (Fsp3) is 0.316. The molecule has 5 nitrogen and oxygen atoms in total. The van der Waals surface area contributed by atoms with Gasteiger partial charge in [0.15, 0.2) is 5.16 Å². The van der Waals surface area contributed by atoms with Gasteiger partial charge in [-0.3, -0.25) is 14.3 Å². The molecule has 2 heterocycles. The molecule has 25 heavy (non-hydrogen) atoms. The van der Waals surface area contributed by atoms with Gasteiger partial charge >= 0.3 is 0 Å². The summed E-state index contributed by atoms with van der Waals surface area (Å²) in [6, 6.07) is 7.46. The monoisotopic (exact) mass is 355 g/mol. The molecule has 3 rings (SSSR count). The molecule has 0 saturated heterocycles. The van der Waals surface area contributed by atoms with E-state index in [9.17, 15) is 4.79 Å². The summed E-state index contributed by atoms with van der Waals surface area (Å²) in [4.78, 5) is 21.9. The number of nitrogens with zero attached hydrogens (tertiary/aromatic N) is 3. The quantitative estimate of drug-likeness (QED) is 0.516. The molecule has 130 valence electrons. The number of thioether (sulfide) groups is 1. The fourth-order valence-corrected chi connectivity index (χ4v) is 3.97. The van der Waals surface area contributed by atoms with E-state index in [1.54, 1.807) is 11.7 Å². The van der Waals surface area contributed by atoms with Crippen LogP contribution in [0.1, 0.15) is 23.7 Å². The highest BCUT2D eigenvalue weighted by atomic mass is 32.2. The number of methoxy groups -OCH3 is 1. The van der Waals surface area contributed by atoms with Crippen molar-refractivity contribution in [2.75, 3.05) is 7.11 Å². The van der Waals surface area contributed by atoms with Crippen LogP contribution in [0.3, 0.4) is 0 Å². The zero-order valence-corrected chi connectivity index (χ0v) is 15.7. The van der Waals surface area contributed by atoms with E-state index in [0.29, 0.717) is 22.8 Å². The van der Waals surface area contributed by atoms with Gasteiger partial charge in [-0.2, -0.15) is 0 Å². The first-order valence-corrected chi connectivity index (χ1v) is 9.16. The second-order valence-electron chi connectivity index (χ2n) is 5.80. The van der Waals surface area contributed by atoms with Crippen LogP contribution >= 0.6 is 11.8 Å². The van der Waals surface area contributed by atoms with E-state index >= 15 is 0 Å². The molecule has 0 aliphatic heterocycles. The Hall–Kier alpha value is -2.34. The van der Waals surface area contributed by atoms with Crippen molar-refractivity contribution in [2.45, 2.75) is 38.2 Å². The van der Waals surface area contributed by atoms with E-state index < -0.39 is 0 Å². The lowest BCUT2D eigenvalue weighted by molar-refractivity contribution is 0.407. The van der Waals surface area contributed by atoms with Gasteiger partial charge in [0, 0.05) is 29.6 Å². The van der Waals surface area contributed by atoms with Crippen molar-refractivity contribution in [3.63, 3.8) is 0 Å². The highest BCUT2D eigenvalue weighted by Gasteiger charge is 2.13. The normalized spacial score (nSPS) is 11.0. The van der Waals surface area contributed by atoms with Gasteiger partial charge < -0.3 is 4.74 Å². The van der Waals surface area contributed by atoms with Crippen molar-refractivity contribution in [1.29, 1.82) is 0 Å². The van der Waals surface area contributed by atoms with Crippen LogP contribution in [-0.4, -0.2) is 21.6 Å². The molecule has 0 aliphatic carbocycles. The largest absolute Gasteiger partial charge is 0.496 e. The molecule has 2 aromatic heterocycles. The van der Waals surface area contributed by atoms with Gasteiger partial charge in [0.2, 0.25) is 0 Å². The summed E-state index contributed by atoms with van der Waals surface area (Å²) in [5.74, 6) is 1.50. The molecule has 6 heteroatoms. The van der Waals surface area contributed by atoms with Crippen LogP contribution in [0.2, 0.25) is 0 Å². The van der Waals surface area contributed by atoms with Crippen LogP contribution in [0.15, 0.2) is 40.4 Å². The second kappa shape index (κ2) is 7.27. The predicted molar refractivity (Wildman–Crippen MR) is 102 cm³/mol. The number of rotatable bonds is 5. The molecule has 0 unspecified atom stereocenters. The number of pyridine rings is 1. The van der Waals surface area contributed by atoms with E-state index in [-0.39, 0.29) is 5.56 Å². The molecule has 0 spiro atoms. The lowest BCUT2D eigenvalue weighted by atomic mass is 10.1. The van der Waals surface area contributed by atoms with Gasteiger partial charge in [0.05, 0.1) is 23.7 Å². The number of para-hydroxylation sites is 1. The third kappa shape index (κ3) is 3.26. The Bertz CT molecular complexity index is 982. The van der Waals surface area contributed by atoms with Gasteiger partial charge in [-0.05, 0) is 32.9 Å². The van der Waals surface area contributed by atoms with E-state index in [0.717, 1.165) is 28.1 Å². The molecule has 0 saturated carbocycles. The molecular weight excluding hydrogens is 334 g/mol. The van der Waals surface area contributed by atoms with Crippen LogP contribution in [0.5, 0.6) is 5.75 Å². The van der Waals surface area contributed by atoms with Crippen LogP contribution in [0.4, 0.5) is 0 Å². The summed E-state index contributed by atoms with van der Waals surface area (Å²) < 4.78 is 7.19. The number of hydrogen-bond donors (Lipinski definition) is 0. The van der Waals surface area contributed by atoms with Crippen molar-refractivity contribution in [2.24, 2.45) is 0 Å². The summed E-state index contributed by atoms with van der Waals surface area (Å²) in [6.07, 6.45) is 1.82. The van der Waals surface area contributed by atoms with Crippen LogP contribution in [-0.2, 0) is 12.3 Å². The van der Waals surface area contributed by atoms with Gasteiger partial charge in [0.1, 0.15) is 5.75 Å². The molecule has 0 radical (unpaired) electrons. The van der Waals surface area contributed by atoms with Gasteiger partial charge in [0.25, 0.3) is 5.56 Å². The van der Waals surface area contributed by atoms with E-state index in [1.165, 1.54) is 11.8 Å². The smallest absolute Gasteiger partial charge is 0.262 e. The Balaban J connectivity index is 1.98. The summed E-state index contributed by atoms with van der Waals surface area (Å²) in [7, 11) is 1.67. The first kappa shape index (κ1) is 17.5. The van der Waals surface area contributed by atoms with Crippen molar-refractivity contribution < 1.29 is 4.74 Å². The molecule has 1 aromatic carbocycles. The van der Waals surface area contributed by atoms with E-state index in [1.807, 2.05) is 51.2 Å². The van der Waals surface area contributed by atoms with Crippen molar-refractivity contribution in [3.8, 4) is 5.75 Å². The molecule has 0 amide bonds. The summed E-state index contributed by atoms with van der Waals surface area (Å²) in [6.45, 7) is 6.54. The summed E-state index contributed by atoms with van der Waals surface area (Å²) in [5, 5.41) is 1.37. The summed E-state index contributed by atoms with van der Waals surface area (Å²) in [5.41, 5.74) is 3.72. The maximum atomic E-state index is 12.7. The van der Waals surface area contributed by atoms with Crippen molar-refractivity contribution in [3.05, 3.63) is 57.6 Å². The zero-order valence-electron chi connectivity index (χ0n) is 14.9. The molecule has 3 aromatic rings. The second-order valence-corrected chi connectivity index (χ2v) is 6.74. The minimum absolute atomic E-state index is 0.00164. The molecule has 0 N–H and O–H groups in total. The SMILES string of the molecule is CCn1c(SCc2ncc(C)c(OC)c2C)nc2ccccc2c1=O. The minimum atomic E-state index is 0.00164. The number of ether oxygens (including phenoxy) is 1. The number of benzene rings is 1. The van der Waals surface area contributed by atoms with Gasteiger partial charge in [-0.25, -0.2) is 4.98 Å². The third-order valence-electron chi connectivity index (χ3n) is 4.23. The maximum Gasteiger partial charge on any atom is 0.262 e. The summed E-state index contributed by atoms with van der Waals surface area (Å²) >= 11 is 1.53. The number of hydrogen-bond acceptors (Lipinski definition) is 5. The fourth-order valence-electron chi connectivity index (χ4n) is 2.89. The van der Waals surface area contributed by atoms with E-state index in [2.05, 4.69) is 9.97 Å². The van der Waals surface area contributed by atoms with Crippen molar-refractivity contribution in [1.82, 2.24) is 14.5 Å². The molecular formula is C19H21N3O2S. The molecule has 0 atom stereocenters. The predicted octanol–water partition coefficient (Wildman–Crippen LogP) is 3.73. The Morgan fingerprint density at radius 1 is 1.24 bits per heavy atom. The Labute approximate surface area is 151 Å². The maximum absolute atomic E-state index is 12.7. The average molecular weight is 355 g/mol. The minimum Gasteiger partial charge on any atom is -0.496 e. The third-order valence-corrected chi connectivity index (χ3v) is 5.22. The Morgan fingerprint density at radius 3 is 2.72 bits per heavy atom. The number of aromatic nitrogens is 3. The Morgan fingerprint density at radius 2 is 2.00 bits per heavy atom. The van der Waals surface area contributed by atoms with Crippen LogP contribution < -0.4 is 10.3 Å². The zero-order chi connectivity index (χ0) is 18.0. The lowest BCUT2D eigenvalue weighted by Crippen LogP contribution is -2.22. The van der Waals surface area contributed by atoms with Gasteiger partial charge in [-0.15, -0.1) is 0 Å². The first-order valence-electron chi connectivity index (χ1n) is 8.18. The number of fused-ring (bicyclic) bond motifs is 1. The number of aryl methyl sites for hydroxylation is 1. The Kier molecular flexibility index (Phi) is 5.08. The molecule has 0 bridgehead atoms.